The van der Waals surface area contributed by atoms with Crippen molar-refractivity contribution in [3.8, 4) is 5.75 Å². The van der Waals surface area contributed by atoms with Crippen LogP contribution in [0.3, 0.4) is 0 Å². The summed E-state index contributed by atoms with van der Waals surface area (Å²) in [5.74, 6) is -1.42. The van der Waals surface area contributed by atoms with E-state index in [1.165, 1.54) is 4.90 Å². The summed E-state index contributed by atoms with van der Waals surface area (Å²) in [4.78, 5) is 43.1. The molecule has 1 fully saturated rings. The molecule has 1 aliphatic heterocycles. The van der Waals surface area contributed by atoms with Crippen LogP contribution >= 0.6 is 0 Å². The maximum atomic E-state index is 14.1. The highest BCUT2D eigenvalue weighted by Crippen LogP contribution is 2.61. The Balaban J connectivity index is 1.37. The van der Waals surface area contributed by atoms with Crippen LogP contribution in [-0.2, 0) is 14.4 Å². The third-order valence-electron chi connectivity index (χ3n) is 8.29. The minimum absolute atomic E-state index is 0.180. The standard InChI is InChI=1S/C31H30N2O4/c1-3-4-13-24(29(34)32-18-14-16-19(37-2)17-15-18)33-30(35)27-25-20-9-5-6-10-21(20)26(28(27)31(33)36)23-12-8-7-11-22(23)25/h5-12,14-17,24-28H,3-4,13H2,1-2H3,(H,32,34)/t24-,25?,26?,27-,28-/m0/s1. The van der Waals surface area contributed by atoms with E-state index in [-0.39, 0.29) is 29.6 Å². The van der Waals surface area contributed by atoms with Gasteiger partial charge < -0.3 is 10.1 Å². The summed E-state index contributed by atoms with van der Waals surface area (Å²) >= 11 is 0. The van der Waals surface area contributed by atoms with E-state index < -0.39 is 17.9 Å². The summed E-state index contributed by atoms with van der Waals surface area (Å²) in [6.45, 7) is 2.04. The highest BCUT2D eigenvalue weighted by molar-refractivity contribution is 6.11. The van der Waals surface area contributed by atoms with Crippen molar-refractivity contribution >= 4 is 23.4 Å². The van der Waals surface area contributed by atoms with E-state index in [0.717, 1.165) is 35.1 Å². The molecule has 7 rings (SSSR count). The number of ether oxygens (including phenoxy) is 1. The monoisotopic (exact) mass is 494 g/mol. The van der Waals surface area contributed by atoms with Gasteiger partial charge in [0.05, 0.1) is 18.9 Å². The summed E-state index contributed by atoms with van der Waals surface area (Å²) in [5, 5.41) is 2.93. The van der Waals surface area contributed by atoms with Gasteiger partial charge in [-0.25, -0.2) is 0 Å². The van der Waals surface area contributed by atoms with E-state index >= 15 is 0 Å². The maximum absolute atomic E-state index is 14.1. The molecule has 3 aromatic rings. The number of nitrogens with zero attached hydrogens (tertiary/aromatic N) is 1. The Morgan fingerprint density at radius 3 is 1.76 bits per heavy atom. The highest BCUT2D eigenvalue weighted by atomic mass is 16.5. The normalized spacial score (nSPS) is 23.8. The molecule has 3 aliphatic carbocycles. The minimum Gasteiger partial charge on any atom is -0.497 e. The van der Waals surface area contributed by atoms with Gasteiger partial charge in [0.2, 0.25) is 17.7 Å². The van der Waals surface area contributed by atoms with Crippen LogP contribution in [0.4, 0.5) is 5.69 Å². The number of anilines is 1. The third kappa shape index (κ3) is 3.57. The first kappa shape index (κ1) is 23.5. The zero-order chi connectivity index (χ0) is 25.7. The predicted octanol–water partition coefficient (Wildman–Crippen LogP) is 5.08. The fourth-order valence-electron chi connectivity index (χ4n) is 6.68. The maximum Gasteiger partial charge on any atom is 0.247 e. The van der Waals surface area contributed by atoms with Crippen LogP contribution < -0.4 is 10.1 Å². The number of benzene rings is 3. The van der Waals surface area contributed by atoms with Crippen LogP contribution in [0.2, 0.25) is 0 Å². The molecule has 1 saturated heterocycles. The molecular formula is C31H30N2O4. The summed E-state index contributed by atoms with van der Waals surface area (Å²) in [5.41, 5.74) is 5.11. The zero-order valence-electron chi connectivity index (χ0n) is 21.0. The van der Waals surface area contributed by atoms with Crippen LogP contribution in [0.15, 0.2) is 72.8 Å². The fourth-order valence-corrected chi connectivity index (χ4v) is 6.68. The average Bonchev–Trinajstić information content (AvgIpc) is 3.19. The Hall–Kier alpha value is -3.93. The molecule has 0 saturated carbocycles. The van der Waals surface area contributed by atoms with Crippen LogP contribution in [0, 0.1) is 11.8 Å². The predicted molar refractivity (Wildman–Crippen MR) is 140 cm³/mol. The van der Waals surface area contributed by atoms with Crippen molar-refractivity contribution in [3.63, 3.8) is 0 Å². The summed E-state index contributed by atoms with van der Waals surface area (Å²) in [6, 6.07) is 22.6. The number of carbonyl (C=O) groups excluding carboxylic acids is 3. The van der Waals surface area contributed by atoms with Gasteiger partial charge in [-0.05, 0) is 52.9 Å². The van der Waals surface area contributed by atoms with Crippen molar-refractivity contribution in [2.75, 3.05) is 12.4 Å². The quantitative estimate of drug-likeness (QED) is 0.465. The van der Waals surface area contributed by atoms with Gasteiger partial charge in [0, 0.05) is 17.5 Å². The second-order valence-corrected chi connectivity index (χ2v) is 10.2. The Kier molecular flexibility index (Phi) is 5.82. The number of imide groups is 1. The topological polar surface area (TPSA) is 75.7 Å². The average molecular weight is 495 g/mol. The number of carbonyl (C=O) groups is 3. The largest absolute Gasteiger partial charge is 0.497 e. The van der Waals surface area contributed by atoms with E-state index in [0.29, 0.717) is 17.9 Å². The van der Waals surface area contributed by atoms with Crippen molar-refractivity contribution < 1.29 is 19.1 Å². The molecule has 6 heteroatoms. The second kappa shape index (κ2) is 9.18. The lowest BCUT2D eigenvalue weighted by Crippen LogP contribution is -2.48. The van der Waals surface area contributed by atoms with Gasteiger partial charge in [0.1, 0.15) is 11.8 Å². The number of rotatable bonds is 7. The van der Waals surface area contributed by atoms with Gasteiger partial charge >= 0.3 is 0 Å². The Labute approximate surface area is 216 Å². The molecule has 1 N–H and O–H groups in total. The molecule has 1 heterocycles. The number of amides is 3. The van der Waals surface area contributed by atoms with Crippen LogP contribution in [0.5, 0.6) is 5.75 Å². The number of unbranched alkanes of at least 4 members (excludes halogenated alkanes) is 1. The molecule has 2 bridgehead atoms. The van der Waals surface area contributed by atoms with E-state index in [1.54, 1.807) is 31.4 Å². The Morgan fingerprint density at radius 1 is 0.838 bits per heavy atom. The first-order chi connectivity index (χ1) is 18.0. The molecule has 37 heavy (non-hydrogen) atoms. The number of nitrogens with one attached hydrogen (secondary N) is 1. The van der Waals surface area contributed by atoms with E-state index in [1.807, 2.05) is 31.2 Å². The molecule has 3 atom stereocenters. The molecular weight excluding hydrogens is 464 g/mol. The SMILES string of the molecule is CCCC[C@@H](C(=O)Nc1ccc(OC)cc1)N1C(=O)[C@H]2C3c4ccccc4C(c4ccccc43)[C@@H]2C1=O. The van der Waals surface area contributed by atoms with Crippen molar-refractivity contribution in [1.29, 1.82) is 0 Å². The minimum atomic E-state index is -0.849. The molecule has 6 nitrogen and oxygen atoms in total. The lowest BCUT2D eigenvalue weighted by Gasteiger charge is -2.45. The van der Waals surface area contributed by atoms with Gasteiger partial charge in [-0.3, -0.25) is 19.3 Å². The van der Waals surface area contributed by atoms with Crippen LogP contribution in [0.25, 0.3) is 0 Å². The van der Waals surface area contributed by atoms with E-state index in [2.05, 4.69) is 29.6 Å². The van der Waals surface area contributed by atoms with Gasteiger partial charge in [-0.1, -0.05) is 68.3 Å². The van der Waals surface area contributed by atoms with Crippen molar-refractivity contribution in [3.05, 3.63) is 95.1 Å². The zero-order valence-corrected chi connectivity index (χ0v) is 21.0. The lowest BCUT2D eigenvalue weighted by atomic mass is 9.55. The van der Waals surface area contributed by atoms with Gasteiger partial charge in [-0.2, -0.15) is 0 Å². The third-order valence-corrected chi connectivity index (χ3v) is 8.29. The summed E-state index contributed by atoms with van der Waals surface area (Å²) in [7, 11) is 1.59. The molecule has 0 aromatic heterocycles. The lowest BCUT2D eigenvalue weighted by molar-refractivity contribution is -0.147. The van der Waals surface area contributed by atoms with E-state index in [4.69, 9.17) is 4.74 Å². The number of methoxy groups -OCH3 is 1. The molecule has 3 aromatic carbocycles. The Morgan fingerprint density at radius 2 is 1.32 bits per heavy atom. The van der Waals surface area contributed by atoms with Gasteiger partial charge in [0.15, 0.2) is 0 Å². The number of hydrogen-bond acceptors (Lipinski definition) is 4. The first-order valence-electron chi connectivity index (χ1n) is 13.0. The number of likely N-dealkylation sites (tertiary alicyclic amines) is 1. The first-order valence-corrected chi connectivity index (χ1v) is 13.0. The van der Waals surface area contributed by atoms with Crippen LogP contribution in [-0.4, -0.2) is 35.8 Å². The highest BCUT2D eigenvalue weighted by Gasteiger charge is 2.62. The molecule has 0 radical (unpaired) electrons. The number of hydrogen-bond donors (Lipinski definition) is 1. The van der Waals surface area contributed by atoms with Crippen molar-refractivity contribution in [2.24, 2.45) is 11.8 Å². The second-order valence-electron chi connectivity index (χ2n) is 10.2. The molecule has 188 valence electrons. The van der Waals surface area contributed by atoms with Crippen molar-refractivity contribution in [1.82, 2.24) is 4.90 Å². The van der Waals surface area contributed by atoms with Crippen molar-refractivity contribution in [2.45, 2.75) is 44.1 Å². The van der Waals surface area contributed by atoms with E-state index in [9.17, 15) is 14.4 Å². The summed E-state index contributed by atoms with van der Waals surface area (Å²) in [6.07, 6.45) is 2.03. The Bertz CT molecular complexity index is 1270. The molecule has 3 amide bonds. The smallest absolute Gasteiger partial charge is 0.247 e. The molecule has 0 unspecified atom stereocenters. The fraction of sp³-hybridized carbons (Fsp3) is 0.323. The summed E-state index contributed by atoms with van der Waals surface area (Å²) < 4.78 is 5.21. The van der Waals surface area contributed by atoms with Gasteiger partial charge in [0.25, 0.3) is 0 Å². The van der Waals surface area contributed by atoms with Crippen LogP contribution in [0.1, 0.15) is 60.3 Å². The van der Waals surface area contributed by atoms with Gasteiger partial charge in [-0.15, -0.1) is 0 Å². The molecule has 0 spiro atoms. The molecule has 4 aliphatic rings.